The highest BCUT2D eigenvalue weighted by atomic mass is 127. The molecule has 1 aliphatic rings. The second kappa shape index (κ2) is 56.5. The Morgan fingerprint density at radius 2 is 0.839 bits per heavy atom. The molecule has 0 spiro atoms. The number of carboxylic acids is 1. The Kier molecular flexibility index (Phi) is 48.3. The molecule has 13 rings (SSSR count). The standard InChI is InChI=1S/C17H13BrClFN2O2.C17H16BrClFNO2.C16H15BrClFN2O.C16H14BrClFNO2.C10H20N2O3.C9H11I.C8H6BrClFNO2.C8H7BrFNO2/c1-8(2)9-5-3-4-6-11(9)22-12-7-10(18)14(19)15(20)13(12)16(23)21-17(22)24;1-9(2)10-6-4-5-7-12(10)21-13-8-11(18)15(19)16(20)14(13)17(22)23-3;1-8(2)9-5-3-4-6-11(9)21-12-7-10(17)14(18)15(19)13(12)16(20)22;1-8(2)9-5-3-4-6-11(9)20-12-7-10(17)14(18)15(19)13(12)16(21)22;1-10(2,3)15-9(14)12-5-4-11-8(6-12)7-13;1-7(2)8-5-3-4-6-9(8)10;1-14-8(13)5-4(12)2-3(9)6(10)7(5)11;1-13-8(12)7-5(10)2-4(9)3-6(7)11/h3-8H,1-2H3,(H,21,23,24);4-9,21H,1-3H3;3-8,21H,1-2H3,(H2,20,22);3-8,20H,1-2H3,(H,21,22);8,11,13H,4-7H2,1-3H3;3-7H,1-2H3;2H,12H2,1H3;2-3H,11H2,1H3. The second-order valence-electron chi connectivity index (χ2n) is 33.4. The molecule has 1 aromatic heterocycles. The Labute approximate surface area is 912 Å². The minimum absolute atomic E-state index is 0.0226. The number of fused-ring (bicyclic) bond motifs is 1. The molecule has 2 amide bonds. The Bertz CT molecular complexity index is 6620. The van der Waals surface area contributed by atoms with Crippen molar-refractivity contribution in [2.45, 2.75) is 131 Å². The number of methoxy groups -OCH3 is 3. The van der Waals surface area contributed by atoms with Crippen LogP contribution >= 0.6 is 176 Å². The number of H-pyrrole nitrogens is 1. The molecule has 2 heterocycles. The molecule has 0 bridgehead atoms. The third-order valence-electron chi connectivity index (χ3n) is 20.4. The van der Waals surface area contributed by atoms with Crippen molar-refractivity contribution in [3.05, 3.63) is 331 Å². The Hall–Kier alpha value is -9.46. The van der Waals surface area contributed by atoms with Gasteiger partial charge in [0.1, 0.15) is 39.1 Å². The number of para-hydroxylation sites is 4. The molecular weight excluding hydrogens is 2470 g/mol. The van der Waals surface area contributed by atoms with Gasteiger partial charge in [-0.2, -0.15) is 0 Å². The first kappa shape index (κ1) is 122. The summed E-state index contributed by atoms with van der Waals surface area (Å²) in [5, 5.41) is 29.3. The quantitative estimate of drug-likeness (QED) is 0.00952. The fourth-order valence-corrected chi connectivity index (χ4v) is 17.8. The summed E-state index contributed by atoms with van der Waals surface area (Å²) in [5.74, 6) is -8.20. The van der Waals surface area contributed by atoms with Gasteiger partial charge in [-0.25, -0.2) is 55.1 Å². The number of hydrogen-bond acceptors (Lipinski definition) is 19. The number of halogens is 18. The van der Waals surface area contributed by atoms with Gasteiger partial charge in [0.05, 0.1) is 98.3 Å². The number of aliphatic hydroxyl groups excluding tert-OH is 1. The van der Waals surface area contributed by atoms with Gasteiger partial charge in [0.25, 0.3) is 11.5 Å². The number of primary amides is 1. The van der Waals surface area contributed by atoms with Crippen LogP contribution < -0.4 is 49.7 Å². The number of carbonyl (C=O) groups is 6. The topological polar surface area (TPSA) is 364 Å². The number of nitrogens with two attached hydrogens (primary N) is 3. The molecule has 11 aromatic carbocycles. The normalized spacial score (nSPS) is 11.9. The molecule has 42 heteroatoms. The molecule has 1 unspecified atom stereocenters. The largest absolute Gasteiger partial charge is 0.478 e. The zero-order valence-electron chi connectivity index (χ0n) is 79.6. The molecule has 1 aliphatic heterocycles. The lowest BCUT2D eigenvalue weighted by atomic mass is 10.0. The first-order valence-electron chi connectivity index (χ1n) is 43.1. The predicted molar refractivity (Wildman–Crippen MR) is 587 cm³/mol. The van der Waals surface area contributed by atoms with Crippen LogP contribution in [0.1, 0.15) is 199 Å². The lowest BCUT2D eigenvalue weighted by molar-refractivity contribution is 0.0172. The summed E-state index contributed by atoms with van der Waals surface area (Å²) in [5.41, 5.74) is 22.0. The van der Waals surface area contributed by atoms with E-state index in [9.17, 15) is 69.8 Å². The number of aliphatic hydroxyl groups is 1. The van der Waals surface area contributed by atoms with E-state index in [2.05, 4.69) is 211 Å². The number of piperazine rings is 1. The van der Waals surface area contributed by atoms with Crippen LogP contribution in [0.5, 0.6) is 0 Å². The number of hydrogen-bond donors (Lipinski definition) is 10. The van der Waals surface area contributed by atoms with E-state index in [1.54, 1.807) is 29.2 Å². The third kappa shape index (κ3) is 33.3. The number of aromatic amines is 1. The van der Waals surface area contributed by atoms with Gasteiger partial charge in [0, 0.05) is 73.1 Å². The van der Waals surface area contributed by atoms with E-state index in [-0.39, 0.29) is 128 Å². The van der Waals surface area contributed by atoms with Crippen LogP contribution in [0.25, 0.3) is 16.6 Å². The number of aromatic carboxylic acids is 1. The monoisotopic (exact) mass is 2570 g/mol. The van der Waals surface area contributed by atoms with Crippen molar-refractivity contribution in [2.24, 2.45) is 5.73 Å². The van der Waals surface area contributed by atoms with Crippen LogP contribution in [0.2, 0.25) is 25.1 Å². The zero-order valence-corrected chi connectivity index (χ0v) is 95.1. The molecule has 12 aromatic rings. The van der Waals surface area contributed by atoms with Crippen molar-refractivity contribution in [3.8, 4) is 5.69 Å². The van der Waals surface area contributed by atoms with Gasteiger partial charge in [-0.15, -0.1) is 0 Å². The summed E-state index contributed by atoms with van der Waals surface area (Å²) in [6.45, 7) is 28.1. The van der Waals surface area contributed by atoms with Crippen molar-refractivity contribution in [1.29, 1.82) is 0 Å². The van der Waals surface area contributed by atoms with E-state index < -0.39 is 87.1 Å². The molecule has 24 nitrogen and oxygen atoms in total. The van der Waals surface area contributed by atoms with Crippen molar-refractivity contribution in [3.63, 3.8) is 0 Å². The highest BCUT2D eigenvalue weighted by Crippen LogP contribution is 2.42. The van der Waals surface area contributed by atoms with Gasteiger partial charge >= 0.3 is 35.7 Å². The fourth-order valence-electron chi connectivity index (χ4n) is 13.5. The van der Waals surface area contributed by atoms with E-state index in [1.807, 2.05) is 147 Å². The number of rotatable bonds is 18. The number of benzene rings is 11. The first-order valence-corrected chi connectivity index (χ1v) is 50.8. The van der Waals surface area contributed by atoms with E-state index in [1.165, 1.54) is 52.2 Å². The molecule has 0 aliphatic carbocycles. The van der Waals surface area contributed by atoms with Gasteiger partial charge in [0.15, 0.2) is 29.1 Å². The maximum Gasteiger partial charge on any atom is 0.410 e. The van der Waals surface area contributed by atoms with Crippen LogP contribution in [-0.2, 0) is 18.9 Å². The number of nitrogen functional groups attached to an aromatic ring is 2. The number of anilines is 8. The maximum atomic E-state index is 14.5. The molecule has 1 saturated heterocycles. The van der Waals surface area contributed by atoms with Crippen LogP contribution in [-0.4, -0.2) is 120 Å². The fraction of sp³-hybridized carbons (Fsp3) is 0.267. The lowest BCUT2D eigenvalue weighted by Crippen LogP contribution is -2.54. The minimum Gasteiger partial charge on any atom is -0.478 e. The van der Waals surface area contributed by atoms with Gasteiger partial charge in [0.2, 0.25) is 0 Å². The molecule has 143 heavy (non-hydrogen) atoms. The number of ether oxygens (including phenoxy) is 4. The van der Waals surface area contributed by atoms with Gasteiger partial charge < -0.3 is 72.5 Å². The van der Waals surface area contributed by atoms with Crippen LogP contribution in [0.15, 0.2) is 200 Å². The Morgan fingerprint density at radius 3 is 1.24 bits per heavy atom. The van der Waals surface area contributed by atoms with E-state index in [0.29, 0.717) is 59.3 Å². The van der Waals surface area contributed by atoms with Crippen LogP contribution in [0.3, 0.4) is 0 Å². The third-order valence-corrected chi connectivity index (χ3v) is 28.0. The molecule has 0 saturated carbocycles. The second-order valence-corrected chi connectivity index (χ2v) is 41.6. The summed E-state index contributed by atoms with van der Waals surface area (Å²) in [7, 11) is 3.50. The number of nitrogens with zero attached hydrogens (tertiary/aromatic N) is 2. The lowest BCUT2D eigenvalue weighted by Gasteiger charge is -2.34. The molecule has 0 radical (unpaired) electrons. The maximum absolute atomic E-state index is 14.5. The number of carboxylic acid groups (broad SMARTS) is 1. The number of nitrogens with one attached hydrogen (secondary N) is 5. The zero-order chi connectivity index (χ0) is 108. The summed E-state index contributed by atoms with van der Waals surface area (Å²) < 4.78 is 107. The summed E-state index contributed by atoms with van der Waals surface area (Å²) in [4.78, 5) is 97.1. The van der Waals surface area contributed by atoms with Gasteiger partial charge in [-0.3, -0.25) is 19.1 Å². The van der Waals surface area contributed by atoms with E-state index >= 15 is 0 Å². The summed E-state index contributed by atoms with van der Waals surface area (Å²) >= 11 is 50.0. The van der Waals surface area contributed by atoms with Crippen molar-refractivity contribution in [2.75, 3.05) is 75.0 Å². The average Bonchev–Trinajstić information content (AvgIpc) is 0.744. The van der Waals surface area contributed by atoms with E-state index in [0.717, 1.165) is 52.5 Å². The SMILES string of the molecule is CC(C)(C)OC(=O)N1CCNC(CO)C1.CC(C)c1ccccc1-n1c(=O)[nH]c(=O)c2c(F)c(Cl)c(Br)cc21.CC(C)c1ccccc1I.CC(C)c1ccccc1Nc1cc(Br)c(Cl)c(F)c1C(=O)O.CC(C)c1ccccc1Nc1cc(Br)c(Cl)c(F)c1C(N)=O.COC(=O)c1c(N)cc(Br)c(Cl)c1F.COC(=O)c1c(N)cc(Br)cc1F.COC(=O)c1c(Nc2ccccc2C(C)C)cc(Br)c(Cl)c1F. The number of aromatic nitrogens is 2. The smallest absolute Gasteiger partial charge is 0.410 e. The number of amides is 2. The number of esters is 3. The van der Waals surface area contributed by atoms with Crippen molar-refractivity contribution < 1.29 is 84.3 Å². The van der Waals surface area contributed by atoms with Crippen molar-refractivity contribution in [1.82, 2.24) is 19.8 Å². The molecule has 13 N–H and O–H groups in total. The highest BCUT2D eigenvalue weighted by molar-refractivity contribution is 14.1. The number of carbonyl (C=O) groups excluding carboxylic acids is 5. The van der Waals surface area contributed by atoms with E-state index in [4.69, 9.17) is 85.0 Å². The Morgan fingerprint density at radius 1 is 0.483 bits per heavy atom. The highest BCUT2D eigenvalue weighted by Gasteiger charge is 2.31. The van der Waals surface area contributed by atoms with Gasteiger partial charge in [-0.1, -0.05) is 234 Å². The molecule has 1 fully saturated rings. The average molecular weight is 2580 g/mol. The van der Waals surface area contributed by atoms with Crippen LogP contribution in [0.4, 0.5) is 76.6 Å². The van der Waals surface area contributed by atoms with Crippen molar-refractivity contribution >= 4 is 268 Å². The minimum atomic E-state index is -1.38. The first-order chi connectivity index (χ1) is 67.0. The Balaban J connectivity index is 0.000000254. The molecule has 766 valence electrons. The summed E-state index contributed by atoms with van der Waals surface area (Å²) in [6, 6.07) is 48.5. The molecule has 1 atom stereocenters. The predicted octanol–water partition coefficient (Wildman–Crippen LogP) is 29.4. The summed E-state index contributed by atoms with van der Waals surface area (Å²) in [6.07, 6.45) is -0.303. The van der Waals surface area contributed by atoms with Crippen LogP contribution in [0, 0.1) is 38.5 Å². The molecular formula is C101H102Br6Cl5F6IN10O14. The van der Waals surface area contributed by atoms with Gasteiger partial charge in [-0.05, 0) is 253 Å².